The van der Waals surface area contributed by atoms with Gasteiger partial charge in [0.2, 0.25) is 15.8 Å². The maximum absolute atomic E-state index is 12.9. The van der Waals surface area contributed by atoms with E-state index >= 15 is 0 Å². The summed E-state index contributed by atoms with van der Waals surface area (Å²) in [6, 6.07) is 4.29. The second-order valence-corrected chi connectivity index (χ2v) is 9.07. The molecule has 152 valence electrons. The molecule has 1 aliphatic rings. The quantitative estimate of drug-likeness (QED) is 0.515. The van der Waals surface area contributed by atoms with Gasteiger partial charge in [-0.05, 0) is 24.6 Å². The minimum atomic E-state index is -3.82. The van der Waals surface area contributed by atoms with Crippen LogP contribution in [0.25, 0.3) is 0 Å². The number of rotatable bonds is 5. The zero-order valence-corrected chi connectivity index (χ0v) is 17.6. The number of aryl methyl sites for hydroxylation is 2. The van der Waals surface area contributed by atoms with Gasteiger partial charge >= 0.3 is 5.69 Å². The van der Waals surface area contributed by atoms with Crippen molar-refractivity contribution >= 4 is 44.7 Å². The van der Waals surface area contributed by atoms with Crippen LogP contribution in [0.2, 0.25) is 10.0 Å². The van der Waals surface area contributed by atoms with Crippen LogP contribution in [0.1, 0.15) is 12.6 Å². The van der Waals surface area contributed by atoms with Crippen LogP contribution in [-0.4, -0.2) is 53.6 Å². The molecule has 2 heterocycles. The molecule has 1 aromatic heterocycles. The molecule has 0 spiro atoms. The molecule has 2 aromatic rings. The van der Waals surface area contributed by atoms with E-state index in [9.17, 15) is 18.5 Å². The second-order valence-electron chi connectivity index (χ2n) is 6.32. The molecule has 0 unspecified atom stereocenters. The highest BCUT2D eigenvalue weighted by Gasteiger charge is 2.35. The van der Waals surface area contributed by atoms with Crippen LogP contribution in [0.3, 0.4) is 0 Å². The van der Waals surface area contributed by atoms with E-state index < -0.39 is 14.9 Å². The average molecular weight is 448 g/mol. The predicted molar refractivity (Wildman–Crippen MR) is 107 cm³/mol. The third kappa shape index (κ3) is 3.69. The summed E-state index contributed by atoms with van der Waals surface area (Å²) in [6.07, 6.45) is 0.436. The summed E-state index contributed by atoms with van der Waals surface area (Å²) in [7, 11) is -2.17. The number of anilines is 1. The van der Waals surface area contributed by atoms with Gasteiger partial charge in [0.05, 0.1) is 9.95 Å². The summed E-state index contributed by atoms with van der Waals surface area (Å²) in [5.41, 5.74) is 0.377. The SMILES string of the molecule is CCc1nn(C)c(N2CCN(S(=O)(=O)c3cc(Cl)ccc3Cl)CC2)c1[N+](=O)[O-]. The van der Waals surface area contributed by atoms with Crippen molar-refractivity contribution in [1.82, 2.24) is 14.1 Å². The van der Waals surface area contributed by atoms with Gasteiger partial charge in [0, 0.05) is 38.2 Å². The van der Waals surface area contributed by atoms with E-state index in [4.69, 9.17) is 23.2 Å². The Labute approximate surface area is 172 Å². The van der Waals surface area contributed by atoms with Crippen LogP contribution in [0.15, 0.2) is 23.1 Å². The summed E-state index contributed by atoms with van der Waals surface area (Å²) in [5.74, 6) is 0.389. The molecule has 28 heavy (non-hydrogen) atoms. The standard InChI is InChI=1S/C16H19Cl2N5O4S/c1-3-13-15(23(24)25)16(20(2)19-13)21-6-8-22(9-7-21)28(26,27)14-10-11(17)4-5-12(14)18/h4-5,10H,3,6-9H2,1-2H3. The Morgan fingerprint density at radius 1 is 1.21 bits per heavy atom. The number of nitro groups is 1. The smallest absolute Gasteiger partial charge is 0.334 e. The lowest BCUT2D eigenvalue weighted by Crippen LogP contribution is -2.49. The van der Waals surface area contributed by atoms with E-state index in [0.717, 1.165) is 0 Å². The number of hydrogen-bond acceptors (Lipinski definition) is 6. The highest BCUT2D eigenvalue weighted by molar-refractivity contribution is 7.89. The first-order valence-electron chi connectivity index (χ1n) is 8.57. The Hall–Kier alpha value is -1.88. The molecule has 0 bridgehead atoms. The Balaban J connectivity index is 1.85. The lowest BCUT2D eigenvalue weighted by atomic mass is 10.2. The number of aromatic nitrogens is 2. The average Bonchev–Trinajstić information content (AvgIpc) is 3.00. The van der Waals surface area contributed by atoms with Crippen molar-refractivity contribution in [2.24, 2.45) is 7.05 Å². The molecule has 0 atom stereocenters. The number of sulfonamides is 1. The molecule has 12 heteroatoms. The topological polar surface area (TPSA) is 102 Å². The predicted octanol–water partition coefficient (Wildman–Crippen LogP) is 2.71. The normalized spacial score (nSPS) is 15.8. The van der Waals surface area contributed by atoms with E-state index in [1.807, 2.05) is 0 Å². The lowest BCUT2D eigenvalue weighted by Gasteiger charge is -2.34. The van der Waals surface area contributed by atoms with Crippen molar-refractivity contribution in [2.75, 3.05) is 31.1 Å². The molecule has 0 N–H and O–H groups in total. The highest BCUT2D eigenvalue weighted by Crippen LogP contribution is 2.33. The third-order valence-electron chi connectivity index (χ3n) is 4.63. The van der Waals surface area contributed by atoms with Crippen LogP contribution in [0.4, 0.5) is 11.5 Å². The van der Waals surface area contributed by atoms with Gasteiger partial charge in [0.15, 0.2) is 0 Å². The fourth-order valence-corrected chi connectivity index (χ4v) is 5.45. The van der Waals surface area contributed by atoms with Gasteiger partial charge in [0.25, 0.3) is 0 Å². The number of hydrogen-bond donors (Lipinski definition) is 0. The van der Waals surface area contributed by atoms with Gasteiger partial charge in [-0.2, -0.15) is 9.40 Å². The molecule has 1 aromatic carbocycles. The molecular formula is C16H19Cl2N5O4S. The van der Waals surface area contributed by atoms with Crippen LogP contribution in [0.5, 0.6) is 0 Å². The number of benzene rings is 1. The van der Waals surface area contributed by atoms with Gasteiger partial charge in [-0.1, -0.05) is 30.1 Å². The van der Waals surface area contributed by atoms with Crippen LogP contribution >= 0.6 is 23.2 Å². The lowest BCUT2D eigenvalue weighted by molar-refractivity contribution is -0.384. The summed E-state index contributed by atoms with van der Waals surface area (Å²) in [4.78, 5) is 12.8. The molecule has 1 fully saturated rings. The number of piperazine rings is 1. The van der Waals surface area contributed by atoms with Crippen LogP contribution < -0.4 is 4.90 Å². The third-order valence-corrected chi connectivity index (χ3v) is 7.24. The Morgan fingerprint density at radius 3 is 2.43 bits per heavy atom. The van der Waals surface area contributed by atoms with Gasteiger partial charge in [0.1, 0.15) is 10.6 Å². The van der Waals surface area contributed by atoms with E-state index in [2.05, 4.69) is 5.10 Å². The number of halogens is 2. The number of nitrogens with zero attached hydrogens (tertiary/aromatic N) is 5. The minimum Gasteiger partial charge on any atom is -0.348 e. The minimum absolute atomic E-state index is 0.0285. The van der Waals surface area contributed by atoms with Crippen molar-refractivity contribution < 1.29 is 13.3 Å². The van der Waals surface area contributed by atoms with Gasteiger partial charge < -0.3 is 4.90 Å². The molecule has 0 amide bonds. The maximum atomic E-state index is 12.9. The van der Waals surface area contributed by atoms with Gasteiger partial charge in [-0.3, -0.25) is 10.1 Å². The molecule has 0 aliphatic carbocycles. The summed E-state index contributed by atoms with van der Waals surface area (Å²) in [5, 5.41) is 16.1. The van der Waals surface area contributed by atoms with E-state index in [0.29, 0.717) is 31.0 Å². The molecule has 0 saturated carbocycles. The van der Waals surface area contributed by atoms with Crippen molar-refractivity contribution in [2.45, 2.75) is 18.2 Å². The first-order valence-corrected chi connectivity index (χ1v) is 10.8. The summed E-state index contributed by atoms with van der Waals surface area (Å²) >= 11 is 12.0. The molecule has 1 saturated heterocycles. The van der Waals surface area contributed by atoms with E-state index in [1.54, 1.807) is 18.9 Å². The monoisotopic (exact) mass is 447 g/mol. The molecule has 1 aliphatic heterocycles. The first-order chi connectivity index (χ1) is 13.2. The summed E-state index contributed by atoms with van der Waals surface area (Å²) < 4.78 is 28.7. The summed E-state index contributed by atoms with van der Waals surface area (Å²) in [6.45, 7) is 2.71. The molecule has 0 radical (unpaired) electrons. The molecule has 3 rings (SSSR count). The Bertz CT molecular complexity index is 1020. The van der Waals surface area contributed by atoms with Crippen molar-refractivity contribution in [1.29, 1.82) is 0 Å². The van der Waals surface area contributed by atoms with Crippen LogP contribution in [0, 0.1) is 10.1 Å². The van der Waals surface area contributed by atoms with E-state index in [-0.39, 0.29) is 33.7 Å². The van der Waals surface area contributed by atoms with Crippen molar-refractivity contribution in [3.8, 4) is 0 Å². The Kier molecular flexibility index (Phi) is 5.85. The second kappa shape index (κ2) is 7.86. The fourth-order valence-electron chi connectivity index (χ4n) is 3.29. The zero-order valence-electron chi connectivity index (χ0n) is 15.3. The largest absolute Gasteiger partial charge is 0.348 e. The van der Waals surface area contributed by atoms with Gasteiger partial charge in [-0.15, -0.1) is 0 Å². The van der Waals surface area contributed by atoms with Gasteiger partial charge in [-0.25, -0.2) is 13.1 Å². The van der Waals surface area contributed by atoms with Crippen molar-refractivity contribution in [3.63, 3.8) is 0 Å². The maximum Gasteiger partial charge on any atom is 0.334 e. The van der Waals surface area contributed by atoms with E-state index in [1.165, 1.54) is 27.2 Å². The van der Waals surface area contributed by atoms with Crippen molar-refractivity contribution in [3.05, 3.63) is 44.1 Å². The van der Waals surface area contributed by atoms with Crippen LogP contribution in [-0.2, 0) is 23.5 Å². The molecule has 9 nitrogen and oxygen atoms in total. The highest BCUT2D eigenvalue weighted by atomic mass is 35.5. The molecular weight excluding hydrogens is 429 g/mol. The first kappa shape index (κ1) is 20.8. The zero-order chi connectivity index (χ0) is 20.6. The fraction of sp³-hybridized carbons (Fsp3) is 0.438. The Morgan fingerprint density at radius 2 is 1.86 bits per heavy atom.